The van der Waals surface area contributed by atoms with Crippen molar-refractivity contribution in [1.29, 1.82) is 0 Å². The molecule has 0 heterocycles. The zero-order valence-electron chi connectivity index (χ0n) is 3.05. The summed E-state index contributed by atoms with van der Waals surface area (Å²) in [6.45, 7) is 0. The first kappa shape index (κ1) is 87.1. The second-order valence-corrected chi connectivity index (χ2v) is 0. The predicted molar refractivity (Wildman–Crippen MR) is 5.81 cm³/mol. The monoisotopic (exact) mass is 138 g/mol. The van der Waals surface area contributed by atoms with Gasteiger partial charge >= 0.3 is 49.0 Å². The second kappa shape index (κ2) is 49.4. The molecule has 0 aliphatic heterocycles. The smallest absolute Gasteiger partial charge is 0.870 e. The van der Waals surface area contributed by atoms with Crippen LogP contribution in [0.2, 0.25) is 0 Å². The van der Waals surface area contributed by atoms with Crippen molar-refractivity contribution in [2.75, 3.05) is 0 Å². The zero-order valence-corrected chi connectivity index (χ0v) is 8.02. The molecule has 0 aromatic rings. The van der Waals surface area contributed by atoms with Gasteiger partial charge in [-0.25, -0.2) is 0 Å². The fraction of sp³-hybridized carbons (Fsp3) is 0. The van der Waals surface area contributed by atoms with Crippen LogP contribution in [0.4, 0.5) is 0 Å². The molecule has 5 heteroatoms. The standard InChI is InChI=1S/Na.3H2O.Zn/h;3*1H2;/q+1;;;;+2/p-3. The molecule has 3 nitrogen and oxygen atoms in total. The molecular formula is H3NaO3Zn. The van der Waals surface area contributed by atoms with E-state index in [9.17, 15) is 0 Å². The van der Waals surface area contributed by atoms with Crippen LogP contribution in [0.15, 0.2) is 0 Å². The fourth-order valence-electron chi connectivity index (χ4n) is 0. The summed E-state index contributed by atoms with van der Waals surface area (Å²) in [5, 5.41) is 0. The average molecular weight is 139 g/mol. The van der Waals surface area contributed by atoms with Crippen LogP contribution in [0, 0.1) is 0 Å². The molecule has 0 saturated carbocycles. The Morgan fingerprint density at radius 1 is 0.600 bits per heavy atom. The van der Waals surface area contributed by atoms with Gasteiger partial charge in [-0.05, 0) is 0 Å². The summed E-state index contributed by atoms with van der Waals surface area (Å²) < 4.78 is 0. The van der Waals surface area contributed by atoms with Gasteiger partial charge in [0.2, 0.25) is 0 Å². The Morgan fingerprint density at radius 3 is 0.600 bits per heavy atom. The van der Waals surface area contributed by atoms with Crippen LogP contribution in [0.1, 0.15) is 0 Å². The van der Waals surface area contributed by atoms with Crippen molar-refractivity contribution in [3.63, 3.8) is 0 Å². The first-order valence-corrected chi connectivity index (χ1v) is 0. The van der Waals surface area contributed by atoms with Gasteiger partial charge in [-0.15, -0.1) is 0 Å². The Labute approximate surface area is 65.1 Å². The van der Waals surface area contributed by atoms with Crippen LogP contribution in [0.5, 0.6) is 0 Å². The molecule has 0 amide bonds. The van der Waals surface area contributed by atoms with Crippen molar-refractivity contribution >= 4 is 0 Å². The molecule has 0 rings (SSSR count). The fourth-order valence-corrected chi connectivity index (χ4v) is 0. The maximum atomic E-state index is 0. The van der Waals surface area contributed by atoms with Gasteiger partial charge in [-0.2, -0.15) is 0 Å². The van der Waals surface area contributed by atoms with E-state index >= 15 is 0 Å². The molecule has 0 spiro atoms. The van der Waals surface area contributed by atoms with E-state index in [0.29, 0.717) is 0 Å². The SMILES string of the molecule is [Na+].[OH-].[OH-].[OH-].[Zn+2]. The van der Waals surface area contributed by atoms with Crippen LogP contribution < -0.4 is 29.6 Å². The summed E-state index contributed by atoms with van der Waals surface area (Å²) in [5.74, 6) is 0. The summed E-state index contributed by atoms with van der Waals surface area (Å²) in [5.41, 5.74) is 0. The Balaban J connectivity index is 0. The van der Waals surface area contributed by atoms with Crippen LogP contribution in [-0.4, -0.2) is 16.4 Å². The molecule has 0 saturated heterocycles. The molecule has 0 bridgehead atoms. The summed E-state index contributed by atoms with van der Waals surface area (Å²) in [6, 6.07) is 0. The van der Waals surface area contributed by atoms with E-state index in [0.717, 1.165) is 0 Å². The predicted octanol–water partition coefficient (Wildman–Crippen LogP) is -3.53. The summed E-state index contributed by atoms with van der Waals surface area (Å²) in [6.07, 6.45) is 0. The van der Waals surface area contributed by atoms with Gasteiger partial charge in [-0.1, -0.05) is 0 Å². The molecule has 5 heavy (non-hydrogen) atoms. The first-order chi connectivity index (χ1) is 0. The maximum Gasteiger partial charge on any atom is 2.00 e. The topological polar surface area (TPSA) is 90.0 Å². The summed E-state index contributed by atoms with van der Waals surface area (Å²) in [7, 11) is 0. The summed E-state index contributed by atoms with van der Waals surface area (Å²) in [4.78, 5) is 0. The van der Waals surface area contributed by atoms with E-state index in [1.165, 1.54) is 0 Å². The molecule has 24 valence electrons. The van der Waals surface area contributed by atoms with Gasteiger partial charge < -0.3 is 16.4 Å². The van der Waals surface area contributed by atoms with Crippen molar-refractivity contribution in [3.05, 3.63) is 0 Å². The normalized spacial score (nSPS) is 0. The molecule has 0 aromatic heterocycles. The molecule has 0 radical (unpaired) electrons. The zero-order chi connectivity index (χ0) is 0. The molecular weight excluding hydrogens is 136 g/mol. The van der Waals surface area contributed by atoms with Gasteiger partial charge in [0, 0.05) is 0 Å². The van der Waals surface area contributed by atoms with Gasteiger partial charge in [-0.3, -0.25) is 0 Å². The Kier molecular flexibility index (Phi) is 861. The largest absolute Gasteiger partial charge is 2.00 e. The van der Waals surface area contributed by atoms with Crippen LogP contribution in [0.25, 0.3) is 0 Å². The van der Waals surface area contributed by atoms with E-state index in [2.05, 4.69) is 0 Å². The van der Waals surface area contributed by atoms with Crippen molar-refractivity contribution in [1.82, 2.24) is 0 Å². The van der Waals surface area contributed by atoms with Gasteiger partial charge in [0.15, 0.2) is 0 Å². The van der Waals surface area contributed by atoms with E-state index in [-0.39, 0.29) is 65.5 Å². The Hall–Kier alpha value is 1.50. The summed E-state index contributed by atoms with van der Waals surface area (Å²) >= 11 is 0. The number of hydrogen-bond acceptors (Lipinski definition) is 3. The Morgan fingerprint density at radius 2 is 0.600 bits per heavy atom. The molecule has 0 aliphatic carbocycles. The molecule has 0 unspecified atom stereocenters. The first-order valence-electron chi connectivity index (χ1n) is 0. The molecule has 0 aliphatic rings. The van der Waals surface area contributed by atoms with Crippen LogP contribution in [-0.2, 0) is 19.5 Å². The average Bonchev–Trinajstić information content (AvgIpc) is 0. The van der Waals surface area contributed by atoms with Crippen molar-refractivity contribution in [2.24, 2.45) is 0 Å². The van der Waals surface area contributed by atoms with E-state index in [1.807, 2.05) is 0 Å². The van der Waals surface area contributed by atoms with Gasteiger partial charge in [0.25, 0.3) is 0 Å². The minimum atomic E-state index is 0. The third kappa shape index (κ3) is 29.9. The number of rotatable bonds is 0. The van der Waals surface area contributed by atoms with Gasteiger partial charge in [0.05, 0.1) is 0 Å². The minimum absolute atomic E-state index is 0. The van der Waals surface area contributed by atoms with Crippen LogP contribution >= 0.6 is 0 Å². The van der Waals surface area contributed by atoms with E-state index in [4.69, 9.17) is 0 Å². The molecule has 0 fully saturated rings. The quantitative estimate of drug-likeness (QED) is 0.326. The van der Waals surface area contributed by atoms with Crippen LogP contribution in [0.3, 0.4) is 0 Å². The Bertz CT molecular complexity index is 6.85. The maximum absolute atomic E-state index is 0. The molecule has 3 N–H and O–H groups in total. The number of hydrogen-bond donors (Lipinski definition) is 0. The molecule has 0 atom stereocenters. The van der Waals surface area contributed by atoms with E-state index in [1.54, 1.807) is 0 Å². The third-order valence-corrected chi connectivity index (χ3v) is 0. The minimum Gasteiger partial charge on any atom is -0.870 e. The van der Waals surface area contributed by atoms with Gasteiger partial charge in [0.1, 0.15) is 0 Å². The van der Waals surface area contributed by atoms with Crippen molar-refractivity contribution in [3.8, 4) is 0 Å². The van der Waals surface area contributed by atoms with E-state index < -0.39 is 0 Å². The van der Waals surface area contributed by atoms with Crippen molar-refractivity contribution in [2.45, 2.75) is 0 Å². The third-order valence-electron chi connectivity index (χ3n) is 0. The molecule has 0 aromatic carbocycles. The van der Waals surface area contributed by atoms with Crippen molar-refractivity contribution < 1.29 is 65.5 Å². The second-order valence-electron chi connectivity index (χ2n) is 0.